The van der Waals surface area contributed by atoms with Gasteiger partial charge in [-0.3, -0.25) is 4.90 Å². The molecule has 1 rings (SSSR count). The van der Waals surface area contributed by atoms with Crippen LogP contribution in [0.15, 0.2) is 0 Å². The van der Waals surface area contributed by atoms with Gasteiger partial charge >= 0.3 is 0 Å². The zero-order valence-corrected chi connectivity index (χ0v) is 12.9. The van der Waals surface area contributed by atoms with Gasteiger partial charge in [0.1, 0.15) is 0 Å². The molecule has 2 unspecified atom stereocenters. The van der Waals surface area contributed by atoms with Crippen molar-refractivity contribution in [3.05, 3.63) is 0 Å². The van der Waals surface area contributed by atoms with Crippen molar-refractivity contribution in [3.8, 4) is 0 Å². The molecule has 102 valence electrons. The zero-order valence-electron chi connectivity index (χ0n) is 12.9. The molecule has 0 aromatic rings. The van der Waals surface area contributed by atoms with Gasteiger partial charge in [-0.25, -0.2) is 0 Å². The Hall–Kier alpha value is -0.0800. The van der Waals surface area contributed by atoms with E-state index in [1.807, 2.05) is 0 Å². The molecule has 1 heterocycles. The van der Waals surface area contributed by atoms with Crippen LogP contribution in [0.25, 0.3) is 0 Å². The van der Waals surface area contributed by atoms with Crippen LogP contribution < -0.4 is 5.32 Å². The van der Waals surface area contributed by atoms with E-state index in [1.54, 1.807) is 0 Å². The maximum Gasteiger partial charge on any atom is 0.0304 e. The highest BCUT2D eigenvalue weighted by molar-refractivity contribution is 4.98. The average Bonchev–Trinajstić information content (AvgIpc) is 2.19. The van der Waals surface area contributed by atoms with E-state index >= 15 is 0 Å². The third-order valence-corrected chi connectivity index (χ3v) is 4.29. The smallest absolute Gasteiger partial charge is 0.0304 e. The summed E-state index contributed by atoms with van der Waals surface area (Å²) in [6.07, 6.45) is 1.23. The van der Waals surface area contributed by atoms with Crippen LogP contribution in [-0.2, 0) is 0 Å². The van der Waals surface area contributed by atoms with Gasteiger partial charge in [-0.1, -0.05) is 41.5 Å². The van der Waals surface area contributed by atoms with Crippen molar-refractivity contribution in [2.24, 2.45) is 11.3 Å². The lowest BCUT2D eigenvalue weighted by molar-refractivity contribution is 0.0140. The largest absolute Gasteiger partial charge is 0.310 e. The first kappa shape index (κ1) is 15.0. The Labute approximate surface area is 108 Å². The number of rotatable bonds is 3. The van der Waals surface area contributed by atoms with E-state index in [4.69, 9.17) is 0 Å². The lowest BCUT2D eigenvalue weighted by Crippen LogP contribution is -2.66. The van der Waals surface area contributed by atoms with E-state index < -0.39 is 0 Å². The molecule has 0 aromatic heterocycles. The predicted octanol–water partition coefficient (Wildman–Crippen LogP) is 3.13. The first-order valence-corrected chi connectivity index (χ1v) is 7.17. The number of hydrogen-bond donors (Lipinski definition) is 1. The van der Waals surface area contributed by atoms with Gasteiger partial charge in [0.15, 0.2) is 0 Å². The molecule has 2 nitrogen and oxygen atoms in total. The summed E-state index contributed by atoms with van der Waals surface area (Å²) in [6, 6.07) is 0.612. The number of hydrogen-bond acceptors (Lipinski definition) is 2. The normalized spacial score (nSPS) is 32.1. The summed E-state index contributed by atoms with van der Waals surface area (Å²) in [6.45, 7) is 19.9. The molecule has 1 saturated heterocycles. The standard InChI is InChI=1S/C15H32N2/c1-8-15(7)11-16-13(14(4,5)6)10-17(15)9-12(2)3/h12-13,16H,8-11H2,1-7H3. The van der Waals surface area contributed by atoms with Gasteiger partial charge in [0, 0.05) is 31.2 Å². The molecule has 0 aliphatic carbocycles. The third-order valence-electron chi connectivity index (χ3n) is 4.29. The molecule has 17 heavy (non-hydrogen) atoms. The molecule has 0 saturated carbocycles. The maximum atomic E-state index is 3.76. The zero-order chi connectivity index (χ0) is 13.3. The summed E-state index contributed by atoms with van der Waals surface area (Å²) in [5.41, 5.74) is 0.691. The van der Waals surface area contributed by atoms with Crippen LogP contribution in [0.3, 0.4) is 0 Å². The van der Waals surface area contributed by atoms with Crippen molar-refractivity contribution in [2.45, 2.75) is 66.5 Å². The number of nitrogens with zero attached hydrogens (tertiary/aromatic N) is 1. The van der Waals surface area contributed by atoms with Crippen LogP contribution in [-0.4, -0.2) is 36.1 Å². The molecule has 0 radical (unpaired) electrons. The first-order valence-electron chi connectivity index (χ1n) is 7.17. The van der Waals surface area contributed by atoms with Crippen LogP contribution in [0.5, 0.6) is 0 Å². The van der Waals surface area contributed by atoms with E-state index in [0.29, 0.717) is 17.0 Å². The number of piperazine rings is 1. The van der Waals surface area contributed by atoms with E-state index in [1.165, 1.54) is 19.5 Å². The highest BCUT2D eigenvalue weighted by atomic mass is 15.3. The maximum absolute atomic E-state index is 3.76. The minimum Gasteiger partial charge on any atom is -0.310 e. The Bertz CT molecular complexity index is 242. The molecule has 1 N–H and O–H groups in total. The van der Waals surface area contributed by atoms with Crippen molar-refractivity contribution >= 4 is 0 Å². The van der Waals surface area contributed by atoms with E-state index in [0.717, 1.165) is 12.5 Å². The van der Waals surface area contributed by atoms with Crippen molar-refractivity contribution in [3.63, 3.8) is 0 Å². The Kier molecular flexibility index (Phi) is 4.65. The summed E-state index contributed by atoms with van der Waals surface area (Å²) in [5.74, 6) is 0.750. The molecule has 0 spiro atoms. The van der Waals surface area contributed by atoms with Crippen LogP contribution in [0.1, 0.15) is 54.9 Å². The summed E-state index contributed by atoms with van der Waals surface area (Å²) >= 11 is 0. The first-order chi connectivity index (χ1) is 7.69. The second-order valence-electron chi connectivity index (χ2n) is 7.45. The lowest BCUT2D eigenvalue weighted by Gasteiger charge is -2.51. The fraction of sp³-hybridized carbons (Fsp3) is 1.00. The monoisotopic (exact) mass is 240 g/mol. The van der Waals surface area contributed by atoms with Gasteiger partial charge in [-0.15, -0.1) is 0 Å². The lowest BCUT2D eigenvalue weighted by atomic mass is 9.81. The van der Waals surface area contributed by atoms with Crippen LogP contribution in [0, 0.1) is 11.3 Å². The van der Waals surface area contributed by atoms with E-state index in [2.05, 4.69) is 58.7 Å². The van der Waals surface area contributed by atoms with Crippen molar-refractivity contribution in [1.29, 1.82) is 0 Å². The summed E-state index contributed by atoms with van der Waals surface area (Å²) in [7, 11) is 0. The van der Waals surface area contributed by atoms with Crippen LogP contribution >= 0.6 is 0 Å². The molecule has 0 bridgehead atoms. The van der Waals surface area contributed by atoms with Crippen molar-refractivity contribution in [2.75, 3.05) is 19.6 Å². The van der Waals surface area contributed by atoms with Gasteiger partial charge in [-0.05, 0) is 24.7 Å². The molecule has 1 aliphatic rings. The molecule has 1 aliphatic heterocycles. The minimum atomic E-state index is 0.339. The Morgan fingerprint density at radius 2 is 1.94 bits per heavy atom. The fourth-order valence-corrected chi connectivity index (χ4v) is 2.62. The van der Waals surface area contributed by atoms with Gasteiger partial charge in [0.25, 0.3) is 0 Å². The molecular formula is C15H32N2. The third kappa shape index (κ3) is 3.69. The summed E-state index contributed by atoms with van der Waals surface area (Å²) in [4.78, 5) is 2.71. The van der Waals surface area contributed by atoms with Crippen molar-refractivity contribution in [1.82, 2.24) is 10.2 Å². The minimum absolute atomic E-state index is 0.339. The van der Waals surface area contributed by atoms with E-state index in [-0.39, 0.29) is 0 Å². The SMILES string of the molecule is CCC1(C)CNC(C(C)(C)C)CN1CC(C)C. The summed E-state index contributed by atoms with van der Waals surface area (Å²) < 4.78 is 0. The molecule has 2 atom stereocenters. The molecule has 2 heteroatoms. The predicted molar refractivity (Wildman–Crippen MR) is 76.4 cm³/mol. The fourth-order valence-electron chi connectivity index (χ4n) is 2.62. The second-order valence-corrected chi connectivity index (χ2v) is 7.45. The van der Waals surface area contributed by atoms with Gasteiger partial charge < -0.3 is 5.32 Å². The molecule has 0 aromatic carbocycles. The Morgan fingerprint density at radius 3 is 2.35 bits per heavy atom. The van der Waals surface area contributed by atoms with Gasteiger partial charge in [-0.2, -0.15) is 0 Å². The van der Waals surface area contributed by atoms with Gasteiger partial charge in [0.05, 0.1) is 0 Å². The molecule has 1 fully saturated rings. The quantitative estimate of drug-likeness (QED) is 0.815. The summed E-state index contributed by atoms with van der Waals surface area (Å²) in [5, 5.41) is 3.76. The van der Waals surface area contributed by atoms with Gasteiger partial charge in [0.2, 0.25) is 0 Å². The Balaban J connectivity index is 2.77. The number of nitrogens with one attached hydrogen (secondary N) is 1. The van der Waals surface area contributed by atoms with Crippen LogP contribution in [0.2, 0.25) is 0 Å². The van der Waals surface area contributed by atoms with E-state index in [9.17, 15) is 0 Å². The molecule has 0 amide bonds. The topological polar surface area (TPSA) is 15.3 Å². The molecular weight excluding hydrogens is 208 g/mol. The average molecular weight is 240 g/mol. The second kappa shape index (κ2) is 5.27. The van der Waals surface area contributed by atoms with Crippen LogP contribution in [0.4, 0.5) is 0 Å². The Morgan fingerprint density at radius 1 is 1.35 bits per heavy atom. The highest BCUT2D eigenvalue weighted by Gasteiger charge is 2.39. The highest BCUT2D eigenvalue weighted by Crippen LogP contribution is 2.29. The van der Waals surface area contributed by atoms with Crippen molar-refractivity contribution < 1.29 is 0 Å².